The number of benzene rings is 2. The molecule has 156 valence electrons. The van der Waals surface area contributed by atoms with Gasteiger partial charge in [0.25, 0.3) is 5.78 Å². The zero-order valence-electron chi connectivity index (χ0n) is 17.2. The highest BCUT2D eigenvalue weighted by atomic mass is 16.2. The number of carbonyl (C=O) groups is 1. The van der Waals surface area contributed by atoms with Crippen molar-refractivity contribution in [3.05, 3.63) is 78.6 Å². The van der Waals surface area contributed by atoms with Crippen LogP contribution in [0.5, 0.6) is 0 Å². The van der Waals surface area contributed by atoms with E-state index in [2.05, 4.69) is 32.5 Å². The Morgan fingerprint density at radius 2 is 1.81 bits per heavy atom. The summed E-state index contributed by atoms with van der Waals surface area (Å²) in [6.07, 6.45) is 2.96. The van der Waals surface area contributed by atoms with Gasteiger partial charge in [-0.1, -0.05) is 60.7 Å². The van der Waals surface area contributed by atoms with Crippen LogP contribution in [0.25, 0.3) is 17.0 Å². The molecule has 1 aliphatic heterocycles. The smallest absolute Gasteiger partial charge is 0.254 e. The van der Waals surface area contributed by atoms with Gasteiger partial charge >= 0.3 is 0 Å². The number of likely N-dealkylation sites (tertiary alicyclic amines) is 1. The molecule has 1 aliphatic rings. The standard InChI is InChI=1S/C24H24N6O/c31-23-13-19(16-29(23)12-11-18-7-3-1-4-8-18)15-25-22-14-21(20-9-5-2-6-10-20)28-24-26-17-27-30(22)24/h1-10,14,17,19,25H,11-13,15-16H2. The summed E-state index contributed by atoms with van der Waals surface area (Å²) in [5.41, 5.74) is 3.13. The van der Waals surface area contributed by atoms with Gasteiger partial charge in [0.1, 0.15) is 12.1 Å². The topological polar surface area (TPSA) is 75.4 Å². The van der Waals surface area contributed by atoms with E-state index in [1.54, 1.807) is 4.52 Å². The third-order valence-corrected chi connectivity index (χ3v) is 5.70. The molecule has 0 spiro atoms. The summed E-state index contributed by atoms with van der Waals surface area (Å²) in [4.78, 5) is 23.3. The van der Waals surface area contributed by atoms with E-state index in [0.29, 0.717) is 18.7 Å². The van der Waals surface area contributed by atoms with Crippen LogP contribution in [-0.4, -0.2) is 50.0 Å². The van der Waals surface area contributed by atoms with Gasteiger partial charge in [0, 0.05) is 43.6 Å². The maximum atomic E-state index is 12.5. The third-order valence-electron chi connectivity index (χ3n) is 5.70. The van der Waals surface area contributed by atoms with E-state index in [-0.39, 0.29) is 11.8 Å². The van der Waals surface area contributed by atoms with Crippen molar-refractivity contribution in [1.29, 1.82) is 0 Å². The minimum Gasteiger partial charge on any atom is -0.369 e. The molecule has 0 bridgehead atoms. The molecule has 0 aliphatic carbocycles. The Kier molecular flexibility index (Phi) is 5.31. The Morgan fingerprint density at radius 1 is 1.03 bits per heavy atom. The maximum absolute atomic E-state index is 12.5. The molecule has 0 saturated carbocycles. The number of fused-ring (bicyclic) bond motifs is 1. The molecule has 3 heterocycles. The molecule has 5 rings (SSSR count). The lowest BCUT2D eigenvalue weighted by Crippen LogP contribution is -2.28. The summed E-state index contributed by atoms with van der Waals surface area (Å²) in [5.74, 6) is 1.87. The van der Waals surface area contributed by atoms with E-state index in [1.165, 1.54) is 11.9 Å². The minimum absolute atomic E-state index is 0.230. The van der Waals surface area contributed by atoms with Crippen molar-refractivity contribution in [2.45, 2.75) is 12.8 Å². The van der Waals surface area contributed by atoms with Crippen molar-refractivity contribution in [2.75, 3.05) is 25.0 Å². The first-order valence-corrected chi connectivity index (χ1v) is 10.6. The van der Waals surface area contributed by atoms with E-state index in [4.69, 9.17) is 0 Å². The highest BCUT2D eigenvalue weighted by molar-refractivity contribution is 5.78. The Balaban J connectivity index is 1.26. The molecule has 1 saturated heterocycles. The van der Waals surface area contributed by atoms with Crippen LogP contribution < -0.4 is 5.32 Å². The Labute approximate surface area is 180 Å². The van der Waals surface area contributed by atoms with Crippen LogP contribution in [-0.2, 0) is 11.2 Å². The number of aromatic nitrogens is 4. The summed E-state index contributed by atoms with van der Waals surface area (Å²) in [5, 5.41) is 7.78. The average molecular weight is 412 g/mol. The summed E-state index contributed by atoms with van der Waals surface area (Å²) >= 11 is 0. The number of hydrogen-bond donors (Lipinski definition) is 1. The van der Waals surface area contributed by atoms with E-state index in [1.807, 2.05) is 59.5 Å². The van der Waals surface area contributed by atoms with Gasteiger partial charge < -0.3 is 10.2 Å². The van der Waals surface area contributed by atoms with Gasteiger partial charge in [0.05, 0.1) is 5.69 Å². The molecule has 4 aromatic rings. The molecular weight excluding hydrogens is 388 g/mol. The first kappa shape index (κ1) is 19.2. The number of nitrogens with one attached hydrogen (secondary N) is 1. The predicted molar refractivity (Wildman–Crippen MR) is 120 cm³/mol. The summed E-state index contributed by atoms with van der Waals surface area (Å²) in [6, 6.07) is 22.3. The van der Waals surface area contributed by atoms with Gasteiger partial charge in [-0.2, -0.15) is 14.6 Å². The van der Waals surface area contributed by atoms with Gasteiger partial charge in [0.15, 0.2) is 0 Å². The quantitative estimate of drug-likeness (QED) is 0.504. The number of carbonyl (C=O) groups excluding carboxylic acids is 1. The van der Waals surface area contributed by atoms with E-state index < -0.39 is 0 Å². The van der Waals surface area contributed by atoms with Crippen LogP contribution in [0.3, 0.4) is 0 Å². The van der Waals surface area contributed by atoms with Crippen molar-refractivity contribution in [3.8, 4) is 11.3 Å². The van der Waals surface area contributed by atoms with Crippen LogP contribution in [0.15, 0.2) is 73.1 Å². The second-order valence-electron chi connectivity index (χ2n) is 7.89. The number of anilines is 1. The number of rotatable bonds is 7. The molecule has 0 radical (unpaired) electrons. The molecule has 2 aromatic heterocycles. The normalized spacial score (nSPS) is 16.2. The number of hydrogen-bond acceptors (Lipinski definition) is 5. The maximum Gasteiger partial charge on any atom is 0.254 e. The van der Waals surface area contributed by atoms with Crippen molar-refractivity contribution in [3.63, 3.8) is 0 Å². The van der Waals surface area contributed by atoms with Gasteiger partial charge in [0.2, 0.25) is 5.91 Å². The third kappa shape index (κ3) is 4.26. The lowest BCUT2D eigenvalue weighted by Gasteiger charge is -2.17. The Hall–Kier alpha value is -3.74. The van der Waals surface area contributed by atoms with Crippen molar-refractivity contribution in [1.82, 2.24) is 24.5 Å². The van der Waals surface area contributed by atoms with E-state index in [9.17, 15) is 4.79 Å². The largest absolute Gasteiger partial charge is 0.369 e. The molecule has 1 N–H and O–H groups in total. The molecule has 7 nitrogen and oxygen atoms in total. The van der Waals surface area contributed by atoms with Crippen molar-refractivity contribution >= 4 is 17.5 Å². The monoisotopic (exact) mass is 412 g/mol. The first-order chi connectivity index (χ1) is 15.3. The van der Waals surface area contributed by atoms with Crippen LogP contribution in [0.2, 0.25) is 0 Å². The zero-order chi connectivity index (χ0) is 21.0. The Morgan fingerprint density at radius 3 is 2.61 bits per heavy atom. The summed E-state index contributed by atoms with van der Waals surface area (Å²) in [7, 11) is 0. The SMILES string of the molecule is O=C1CC(CNc2cc(-c3ccccc3)nc3ncnn23)CN1CCc1ccccc1. The van der Waals surface area contributed by atoms with Crippen molar-refractivity contribution in [2.24, 2.45) is 5.92 Å². The van der Waals surface area contributed by atoms with Crippen molar-refractivity contribution < 1.29 is 4.79 Å². The lowest BCUT2D eigenvalue weighted by atomic mass is 10.1. The zero-order valence-corrected chi connectivity index (χ0v) is 17.2. The Bertz CT molecular complexity index is 1170. The van der Waals surface area contributed by atoms with Gasteiger partial charge in [-0.25, -0.2) is 4.98 Å². The molecule has 7 heteroatoms. The summed E-state index contributed by atoms with van der Waals surface area (Å²) < 4.78 is 1.70. The van der Waals surface area contributed by atoms with Crippen LogP contribution in [0.1, 0.15) is 12.0 Å². The molecule has 2 aromatic carbocycles. The molecule has 31 heavy (non-hydrogen) atoms. The average Bonchev–Trinajstić information content (AvgIpc) is 3.43. The van der Waals surface area contributed by atoms with E-state index in [0.717, 1.165) is 36.6 Å². The van der Waals surface area contributed by atoms with Crippen LogP contribution in [0, 0.1) is 5.92 Å². The first-order valence-electron chi connectivity index (χ1n) is 10.6. The molecular formula is C24H24N6O. The van der Waals surface area contributed by atoms with Gasteiger partial charge in [-0.15, -0.1) is 0 Å². The summed E-state index contributed by atoms with van der Waals surface area (Å²) in [6.45, 7) is 2.23. The van der Waals surface area contributed by atoms with Crippen LogP contribution in [0.4, 0.5) is 5.82 Å². The lowest BCUT2D eigenvalue weighted by molar-refractivity contribution is -0.127. The van der Waals surface area contributed by atoms with Gasteiger partial charge in [-0.05, 0) is 12.0 Å². The fourth-order valence-electron chi connectivity index (χ4n) is 4.06. The molecule has 1 amide bonds. The minimum atomic E-state index is 0.230. The van der Waals surface area contributed by atoms with Crippen LogP contribution >= 0.6 is 0 Å². The second kappa shape index (κ2) is 8.55. The number of nitrogens with zero attached hydrogens (tertiary/aromatic N) is 5. The second-order valence-corrected chi connectivity index (χ2v) is 7.89. The van der Waals surface area contributed by atoms with E-state index >= 15 is 0 Å². The molecule has 1 atom stereocenters. The van der Waals surface area contributed by atoms with Gasteiger partial charge in [-0.3, -0.25) is 4.79 Å². The molecule has 1 fully saturated rings. The highest BCUT2D eigenvalue weighted by Crippen LogP contribution is 2.23. The highest BCUT2D eigenvalue weighted by Gasteiger charge is 2.29. The predicted octanol–water partition coefficient (Wildman–Crippen LogP) is 3.29. The molecule has 1 unspecified atom stereocenters. The number of amides is 1. The fraction of sp³-hybridized carbons (Fsp3) is 0.250. The fourth-order valence-corrected chi connectivity index (χ4v) is 4.06.